The van der Waals surface area contributed by atoms with Crippen molar-refractivity contribution in [3.05, 3.63) is 48.0 Å². The zero-order valence-corrected chi connectivity index (χ0v) is 14.8. The second-order valence-electron chi connectivity index (χ2n) is 7.86. The van der Waals surface area contributed by atoms with Crippen LogP contribution < -0.4 is 0 Å². The number of allylic oxidation sites excluding steroid dienone is 2. The van der Waals surface area contributed by atoms with Gasteiger partial charge in [0.15, 0.2) is 0 Å². The van der Waals surface area contributed by atoms with Crippen LogP contribution in [0, 0.1) is 23.7 Å². The molecular weight excluding hydrogens is 328 g/mol. The summed E-state index contributed by atoms with van der Waals surface area (Å²) in [5, 5.41) is 0. The Morgan fingerprint density at radius 1 is 0.962 bits per heavy atom. The van der Waals surface area contributed by atoms with E-state index in [2.05, 4.69) is 29.2 Å². The normalized spacial score (nSPS) is 34.5. The molecule has 5 atom stereocenters. The van der Waals surface area contributed by atoms with Crippen molar-refractivity contribution in [2.24, 2.45) is 23.7 Å². The molecule has 5 heteroatoms. The number of likely N-dealkylation sites (tertiary alicyclic amines) is 1. The van der Waals surface area contributed by atoms with Crippen LogP contribution in [0.25, 0.3) is 0 Å². The molecule has 2 amide bonds. The smallest absolute Gasteiger partial charge is 0.233 e. The van der Waals surface area contributed by atoms with E-state index in [1.807, 2.05) is 18.2 Å². The number of hydrogen-bond acceptors (Lipinski definition) is 4. The van der Waals surface area contributed by atoms with Crippen LogP contribution in [-0.4, -0.2) is 54.5 Å². The minimum absolute atomic E-state index is 0.0393. The summed E-state index contributed by atoms with van der Waals surface area (Å²) in [6, 6.07) is 10.3. The van der Waals surface area contributed by atoms with Crippen LogP contribution in [0.4, 0.5) is 0 Å². The molecule has 0 unspecified atom stereocenters. The van der Waals surface area contributed by atoms with Gasteiger partial charge in [-0.05, 0) is 23.8 Å². The number of imide groups is 1. The van der Waals surface area contributed by atoms with E-state index in [0.717, 1.165) is 25.1 Å². The molecule has 1 aromatic carbocycles. The lowest BCUT2D eigenvalue weighted by Crippen LogP contribution is -2.45. The van der Waals surface area contributed by atoms with Gasteiger partial charge in [0.2, 0.25) is 11.8 Å². The Kier molecular flexibility index (Phi) is 3.94. The third kappa shape index (κ3) is 2.45. The lowest BCUT2D eigenvalue weighted by molar-refractivity contribution is -0.142. The summed E-state index contributed by atoms with van der Waals surface area (Å²) < 4.78 is 5.50. The number of amides is 2. The molecule has 26 heavy (non-hydrogen) atoms. The Hall–Kier alpha value is -1.98. The Morgan fingerprint density at radius 2 is 1.58 bits per heavy atom. The minimum atomic E-state index is -0.112. The number of fused-ring (bicyclic) bond motifs is 5. The molecule has 0 spiro atoms. The molecule has 2 heterocycles. The van der Waals surface area contributed by atoms with Crippen molar-refractivity contribution < 1.29 is 14.3 Å². The van der Waals surface area contributed by atoms with Crippen molar-refractivity contribution in [3.63, 3.8) is 0 Å². The van der Waals surface area contributed by atoms with Crippen molar-refractivity contribution >= 4 is 11.8 Å². The van der Waals surface area contributed by atoms with Crippen LogP contribution in [0.5, 0.6) is 0 Å². The summed E-state index contributed by atoms with van der Waals surface area (Å²) in [7, 11) is 0. The molecule has 1 saturated carbocycles. The molecule has 2 aliphatic heterocycles. The molecule has 2 saturated heterocycles. The maximum absolute atomic E-state index is 13.1. The minimum Gasteiger partial charge on any atom is -0.379 e. The molecule has 5 rings (SSSR count). The number of morpholine rings is 1. The SMILES string of the molecule is O=C1[C@@H]2[C@H](C(=O)N1C[C@@H](c1ccccc1)N1CCOCC1)[C@H]1C=C[C@H]2C1. The van der Waals surface area contributed by atoms with Gasteiger partial charge in [0.05, 0.1) is 31.1 Å². The molecule has 136 valence electrons. The number of rotatable bonds is 4. The number of benzene rings is 1. The molecule has 4 aliphatic rings. The predicted octanol–water partition coefficient (Wildman–Crippen LogP) is 1.87. The van der Waals surface area contributed by atoms with Gasteiger partial charge in [-0.15, -0.1) is 0 Å². The first-order chi connectivity index (χ1) is 12.7. The van der Waals surface area contributed by atoms with E-state index in [1.54, 1.807) is 4.90 Å². The van der Waals surface area contributed by atoms with Gasteiger partial charge in [-0.25, -0.2) is 0 Å². The Morgan fingerprint density at radius 3 is 2.19 bits per heavy atom. The fourth-order valence-corrected chi connectivity index (χ4v) is 5.31. The highest BCUT2D eigenvalue weighted by atomic mass is 16.5. The van der Waals surface area contributed by atoms with E-state index in [0.29, 0.717) is 19.8 Å². The second-order valence-corrected chi connectivity index (χ2v) is 7.86. The Labute approximate surface area is 153 Å². The summed E-state index contributed by atoms with van der Waals surface area (Å²) in [6.07, 6.45) is 5.28. The van der Waals surface area contributed by atoms with E-state index in [9.17, 15) is 9.59 Å². The van der Waals surface area contributed by atoms with Crippen LogP contribution in [-0.2, 0) is 14.3 Å². The van der Waals surface area contributed by atoms with Crippen LogP contribution in [0.15, 0.2) is 42.5 Å². The van der Waals surface area contributed by atoms with Gasteiger partial charge >= 0.3 is 0 Å². The number of hydrogen-bond donors (Lipinski definition) is 0. The van der Waals surface area contributed by atoms with E-state index in [1.165, 1.54) is 0 Å². The molecule has 5 nitrogen and oxygen atoms in total. The number of ether oxygens (including phenoxy) is 1. The highest BCUT2D eigenvalue weighted by molar-refractivity contribution is 6.06. The molecule has 2 aliphatic carbocycles. The summed E-state index contributed by atoms with van der Waals surface area (Å²) in [4.78, 5) is 30.0. The fourth-order valence-electron chi connectivity index (χ4n) is 5.31. The van der Waals surface area contributed by atoms with Gasteiger partial charge in [-0.1, -0.05) is 42.5 Å². The standard InChI is InChI=1S/C21H24N2O3/c24-20-18-15-6-7-16(12-15)19(18)21(25)23(20)13-17(14-4-2-1-3-5-14)22-8-10-26-11-9-22/h1-7,15-19H,8-13H2/t15-,16-,17-,18-,19+/m0/s1. The van der Waals surface area contributed by atoms with Crippen LogP contribution in [0.2, 0.25) is 0 Å². The lowest BCUT2D eigenvalue weighted by atomic mass is 9.85. The number of carbonyl (C=O) groups is 2. The summed E-state index contributed by atoms with van der Waals surface area (Å²) in [5.74, 6) is 0.407. The van der Waals surface area contributed by atoms with E-state index >= 15 is 0 Å². The average molecular weight is 352 g/mol. The molecule has 0 aromatic heterocycles. The topological polar surface area (TPSA) is 49.9 Å². The Balaban J connectivity index is 1.42. The first-order valence-corrected chi connectivity index (χ1v) is 9.64. The number of carbonyl (C=O) groups excluding carboxylic acids is 2. The van der Waals surface area contributed by atoms with Crippen molar-refractivity contribution in [2.45, 2.75) is 12.5 Å². The van der Waals surface area contributed by atoms with Gasteiger partial charge < -0.3 is 4.74 Å². The summed E-state index contributed by atoms with van der Waals surface area (Å²) in [6.45, 7) is 3.51. The van der Waals surface area contributed by atoms with Gasteiger partial charge in [0, 0.05) is 19.6 Å². The fraction of sp³-hybridized carbons (Fsp3) is 0.524. The highest BCUT2D eigenvalue weighted by Crippen LogP contribution is 2.52. The van der Waals surface area contributed by atoms with Gasteiger partial charge in [0.1, 0.15) is 0 Å². The van der Waals surface area contributed by atoms with Crippen LogP contribution in [0.3, 0.4) is 0 Å². The maximum Gasteiger partial charge on any atom is 0.233 e. The first kappa shape index (κ1) is 16.2. The van der Waals surface area contributed by atoms with Gasteiger partial charge in [0.25, 0.3) is 0 Å². The zero-order valence-electron chi connectivity index (χ0n) is 14.8. The zero-order chi connectivity index (χ0) is 17.7. The van der Waals surface area contributed by atoms with Crippen molar-refractivity contribution in [1.82, 2.24) is 9.80 Å². The summed E-state index contributed by atoms with van der Waals surface area (Å²) in [5.41, 5.74) is 1.16. The van der Waals surface area contributed by atoms with Crippen molar-refractivity contribution in [3.8, 4) is 0 Å². The molecule has 1 aromatic rings. The molecule has 0 N–H and O–H groups in total. The predicted molar refractivity (Wildman–Crippen MR) is 96.0 cm³/mol. The molecule has 0 radical (unpaired) electrons. The summed E-state index contributed by atoms with van der Waals surface area (Å²) >= 11 is 0. The molecule has 3 fully saturated rings. The molecule has 2 bridgehead atoms. The Bertz CT molecular complexity index is 711. The lowest BCUT2D eigenvalue weighted by Gasteiger charge is -2.36. The third-order valence-corrected chi connectivity index (χ3v) is 6.59. The first-order valence-electron chi connectivity index (χ1n) is 9.64. The van der Waals surface area contributed by atoms with Crippen molar-refractivity contribution in [1.29, 1.82) is 0 Å². The quantitative estimate of drug-likeness (QED) is 0.613. The monoisotopic (exact) mass is 352 g/mol. The van der Waals surface area contributed by atoms with Crippen LogP contribution >= 0.6 is 0 Å². The van der Waals surface area contributed by atoms with E-state index in [4.69, 9.17) is 4.74 Å². The van der Waals surface area contributed by atoms with Crippen molar-refractivity contribution in [2.75, 3.05) is 32.8 Å². The highest BCUT2D eigenvalue weighted by Gasteiger charge is 2.59. The van der Waals surface area contributed by atoms with E-state index in [-0.39, 0.29) is 41.5 Å². The number of nitrogens with zero attached hydrogens (tertiary/aromatic N) is 2. The second kappa shape index (κ2) is 6.32. The van der Waals surface area contributed by atoms with E-state index < -0.39 is 0 Å². The van der Waals surface area contributed by atoms with Gasteiger partial charge in [-0.3, -0.25) is 19.4 Å². The van der Waals surface area contributed by atoms with Gasteiger partial charge in [-0.2, -0.15) is 0 Å². The van der Waals surface area contributed by atoms with Crippen LogP contribution in [0.1, 0.15) is 18.0 Å². The maximum atomic E-state index is 13.1. The largest absolute Gasteiger partial charge is 0.379 e. The molecular formula is C21H24N2O3. The third-order valence-electron chi connectivity index (χ3n) is 6.59. The average Bonchev–Trinajstić information content (AvgIpc) is 3.36.